The van der Waals surface area contributed by atoms with E-state index in [0.29, 0.717) is 15.8 Å². The molecule has 3 aromatic rings. The first kappa shape index (κ1) is 14.8. The molecule has 0 saturated heterocycles. The molecule has 0 fully saturated rings. The highest BCUT2D eigenvalue weighted by molar-refractivity contribution is 7.22. The summed E-state index contributed by atoms with van der Waals surface area (Å²) in [5.41, 5.74) is 3.90. The Morgan fingerprint density at radius 2 is 1.86 bits per heavy atom. The molecule has 112 valence electrons. The summed E-state index contributed by atoms with van der Waals surface area (Å²) >= 11 is 7.28. The molecule has 0 saturated carbocycles. The maximum absolute atomic E-state index is 12.0. The number of carbonyl (C=O) groups excluding carboxylic acids is 1. The number of anilines is 2. The molecule has 1 aromatic heterocycles. The van der Waals surface area contributed by atoms with Crippen LogP contribution in [0.25, 0.3) is 10.2 Å². The molecule has 0 aliphatic heterocycles. The Kier molecular flexibility index (Phi) is 4.00. The third-order valence-electron chi connectivity index (χ3n) is 3.15. The lowest BCUT2D eigenvalue weighted by atomic mass is 10.1. The average Bonchev–Trinajstić information content (AvgIpc) is 2.84. The lowest BCUT2D eigenvalue weighted by Crippen LogP contribution is -2.19. The van der Waals surface area contributed by atoms with Gasteiger partial charge in [0.1, 0.15) is 0 Å². The van der Waals surface area contributed by atoms with Crippen LogP contribution < -0.4 is 10.6 Å². The van der Waals surface area contributed by atoms with E-state index >= 15 is 0 Å². The van der Waals surface area contributed by atoms with Crippen LogP contribution in [0.3, 0.4) is 0 Å². The van der Waals surface area contributed by atoms with Crippen LogP contribution in [0.2, 0.25) is 5.02 Å². The Bertz CT molecular complexity index is 842. The second-order valence-electron chi connectivity index (χ2n) is 5.03. The first-order valence-corrected chi connectivity index (χ1v) is 7.92. The van der Waals surface area contributed by atoms with Gasteiger partial charge in [-0.1, -0.05) is 29.0 Å². The maximum Gasteiger partial charge on any atom is 0.325 e. The van der Waals surface area contributed by atoms with Crippen molar-refractivity contribution in [2.24, 2.45) is 0 Å². The van der Waals surface area contributed by atoms with Gasteiger partial charge in [-0.15, -0.1) is 0 Å². The Morgan fingerprint density at radius 3 is 2.59 bits per heavy atom. The van der Waals surface area contributed by atoms with Crippen LogP contribution in [0, 0.1) is 13.8 Å². The second-order valence-corrected chi connectivity index (χ2v) is 6.50. The number of rotatable bonds is 2. The molecule has 0 aliphatic carbocycles. The van der Waals surface area contributed by atoms with Crippen LogP contribution in [-0.2, 0) is 0 Å². The smallest absolute Gasteiger partial charge is 0.308 e. The monoisotopic (exact) mass is 331 g/mol. The van der Waals surface area contributed by atoms with Crippen molar-refractivity contribution in [3.8, 4) is 0 Å². The number of nitrogens with zero attached hydrogens (tertiary/aromatic N) is 1. The summed E-state index contributed by atoms with van der Waals surface area (Å²) in [6.45, 7) is 4.07. The van der Waals surface area contributed by atoms with Crippen molar-refractivity contribution in [2.75, 3.05) is 10.6 Å². The molecule has 4 nitrogen and oxygen atoms in total. The van der Waals surface area contributed by atoms with Crippen LogP contribution in [0.15, 0.2) is 36.4 Å². The number of urea groups is 1. The Morgan fingerprint density at radius 1 is 1.14 bits per heavy atom. The number of benzene rings is 2. The standard InChI is InChI=1S/C16H14ClN3OS/c1-9-7-10(2)14-13(8-9)22-16(19-14)20-15(21)18-12-5-3-11(17)4-6-12/h3-8H,1-2H3,(H2,18,19,20,21). The number of halogens is 1. The van der Waals surface area contributed by atoms with Crippen LogP contribution in [0.5, 0.6) is 0 Å². The summed E-state index contributed by atoms with van der Waals surface area (Å²) in [5, 5.41) is 6.72. The molecule has 2 aromatic carbocycles. The average molecular weight is 332 g/mol. The van der Waals surface area contributed by atoms with E-state index in [4.69, 9.17) is 11.6 Å². The number of nitrogens with one attached hydrogen (secondary N) is 2. The van der Waals surface area contributed by atoms with Gasteiger partial charge >= 0.3 is 6.03 Å². The van der Waals surface area contributed by atoms with Crippen LogP contribution >= 0.6 is 22.9 Å². The largest absolute Gasteiger partial charge is 0.325 e. The van der Waals surface area contributed by atoms with Crippen molar-refractivity contribution in [1.29, 1.82) is 0 Å². The number of amides is 2. The number of carbonyl (C=O) groups is 1. The van der Waals surface area contributed by atoms with Crippen molar-refractivity contribution < 1.29 is 4.79 Å². The van der Waals surface area contributed by atoms with Gasteiger partial charge in [0.15, 0.2) is 5.13 Å². The number of aryl methyl sites for hydroxylation is 2. The van der Waals surface area contributed by atoms with E-state index < -0.39 is 0 Å². The van der Waals surface area contributed by atoms with Gasteiger partial charge in [0, 0.05) is 10.7 Å². The number of hydrogen-bond acceptors (Lipinski definition) is 3. The molecule has 3 rings (SSSR count). The maximum atomic E-state index is 12.0. The predicted molar refractivity (Wildman–Crippen MR) is 93.2 cm³/mol. The first-order chi connectivity index (χ1) is 10.5. The minimum atomic E-state index is -0.323. The zero-order valence-corrected chi connectivity index (χ0v) is 13.7. The molecule has 2 amide bonds. The molecule has 0 spiro atoms. The fourth-order valence-electron chi connectivity index (χ4n) is 2.22. The molecule has 0 radical (unpaired) electrons. The highest BCUT2D eigenvalue weighted by atomic mass is 35.5. The summed E-state index contributed by atoms with van der Waals surface area (Å²) in [6.07, 6.45) is 0. The highest BCUT2D eigenvalue weighted by Gasteiger charge is 2.10. The third kappa shape index (κ3) is 3.21. The van der Waals surface area contributed by atoms with Gasteiger partial charge in [-0.2, -0.15) is 0 Å². The fourth-order valence-corrected chi connectivity index (χ4v) is 3.38. The third-order valence-corrected chi connectivity index (χ3v) is 4.32. The van der Waals surface area contributed by atoms with Crippen molar-refractivity contribution in [3.05, 3.63) is 52.5 Å². The van der Waals surface area contributed by atoms with Gasteiger partial charge in [0.05, 0.1) is 10.2 Å². The number of fused-ring (bicyclic) bond motifs is 1. The summed E-state index contributed by atoms with van der Waals surface area (Å²) < 4.78 is 1.07. The zero-order chi connectivity index (χ0) is 15.7. The molecule has 0 unspecified atom stereocenters. The summed E-state index contributed by atoms with van der Waals surface area (Å²) in [5.74, 6) is 0. The van der Waals surface area contributed by atoms with Gasteiger partial charge in [-0.05, 0) is 55.3 Å². The molecule has 22 heavy (non-hydrogen) atoms. The minimum Gasteiger partial charge on any atom is -0.308 e. The first-order valence-electron chi connectivity index (χ1n) is 6.72. The van der Waals surface area contributed by atoms with Crippen molar-refractivity contribution in [2.45, 2.75) is 13.8 Å². The van der Waals surface area contributed by atoms with Crippen molar-refractivity contribution in [1.82, 2.24) is 4.98 Å². The molecule has 0 aliphatic rings. The zero-order valence-electron chi connectivity index (χ0n) is 12.1. The minimum absolute atomic E-state index is 0.323. The molecule has 0 bridgehead atoms. The highest BCUT2D eigenvalue weighted by Crippen LogP contribution is 2.29. The van der Waals surface area contributed by atoms with E-state index in [2.05, 4.69) is 27.8 Å². The number of aromatic nitrogens is 1. The van der Waals surface area contributed by atoms with E-state index in [0.717, 1.165) is 15.8 Å². The lowest BCUT2D eigenvalue weighted by molar-refractivity contribution is 0.262. The SMILES string of the molecule is Cc1cc(C)c2nc(NC(=O)Nc3ccc(Cl)cc3)sc2c1. The number of thiazole rings is 1. The van der Waals surface area contributed by atoms with Gasteiger partial charge in [-0.25, -0.2) is 9.78 Å². The quantitative estimate of drug-likeness (QED) is 0.677. The topological polar surface area (TPSA) is 54.0 Å². The fraction of sp³-hybridized carbons (Fsp3) is 0.125. The Hall–Kier alpha value is -2.11. The van der Waals surface area contributed by atoms with Gasteiger partial charge in [0.2, 0.25) is 0 Å². The molecule has 2 N–H and O–H groups in total. The van der Waals surface area contributed by atoms with Crippen molar-refractivity contribution in [3.63, 3.8) is 0 Å². The van der Waals surface area contributed by atoms with E-state index in [1.165, 1.54) is 16.9 Å². The molecular formula is C16H14ClN3OS. The normalized spacial score (nSPS) is 10.7. The van der Waals surface area contributed by atoms with Gasteiger partial charge in [-0.3, -0.25) is 5.32 Å². The molecular weight excluding hydrogens is 318 g/mol. The summed E-state index contributed by atoms with van der Waals surface area (Å²) in [7, 11) is 0. The second kappa shape index (κ2) is 5.94. The van der Waals surface area contributed by atoms with Gasteiger partial charge in [0.25, 0.3) is 0 Å². The van der Waals surface area contributed by atoms with Crippen LogP contribution in [0.4, 0.5) is 15.6 Å². The van der Waals surface area contributed by atoms with Crippen LogP contribution in [-0.4, -0.2) is 11.0 Å². The lowest BCUT2D eigenvalue weighted by Gasteiger charge is -2.04. The van der Waals surface area contributed by atoms with Gasteiger partial charge < -0.3 is 5.32 Å². The van der Waals surface area contributed by atoms with Crippen molar-refractivity contribution >= 4 is 50.0 Å². The van der Waals surface area contributed by atoms with E-state index in [9.17, 15) is 4.79 Å². The van der Waals surface area contributed by atoms with E-state index in [-0.39, 0.29) is 6.03 Å². The van der Waals surface area contributed by atoms with E-state index in [1.807, 2.05) is 13.8 Å². The predicted octanol–water partition coefficient (Wildman–Crippen LogP) is 5.21. The van der Waals surface area contributed by atoms with Crippen LogP contribution in [0.1, 0.15) is 11.1 Å². The Balaban J connectivity index is 1.76. The molecule has 6 heteroatoms. The molecule has 0 atom stereocenters. The molecule has 1 heterocycles. The summed E-state index contributed by atoms with van der Waals surface area (Å²) in [4.78, 5) is 16.5. The Labute approximate surface area is 137 Å². The van der Waals surface area contributed by atoms with E-state index in [1.54, 1.807) is 24.3 Å². The number of hydrogen-bond donors (Lipinski definition) is 2. The summed E-state index contributed by atoms with van der Waals surface area (Å²) in [6, 6.07) is 10.8.